The summed E-state index contributed by atoms with van der Waals surface area (Å²) in [6.07, 6.45) is 0. The van der Waals surface area contributed by atoms with Crippen molar-refractivity contribution in [2.24, 2.45) is 0 Å². The minimum atomic E-state index is -3.76. The molecule has 0 saturated carbocycles. The Morgan fingerprint density at radius 2 is 1.80 bits per heavy atom. The third-order valence-electron chi connectivity index (χ3n) is 2.83. The maximum Gasteiger partial charge on any atom is 0.241 e. The van der Waals surface area contributed by atoms with Gasteiger partial charge in [-0.1, -0.05) is 30.3 Å². The van der Waals surface area contributed by atoms with Gasteiger partial charge in [-0.25, -0.2) is 17.5 Å². The molecule has 1 N–H and O–H groups in total. The highest BCUT2D eigenvalue weighted by molar-refractivity contribution is 9.10. The van der Waals surface area contributed by atoms with Gasteiger partial charge in [0.2, 0.25) is 10.0 Å². The number of hydrogen-bond acceptors (Lipinski definition) is 2. The average molecular weight is 358 g/mol. The van der Waals surface area contributed by atoms with Crippen molar-refractivity contribution in [2.75, 3.05) is 0 Å². The van der Waals surface area contributed by atoms with Gasteiger partial charge in [-0.15, -0.1) is 0 Å². The van der Waals surface area contributed by atoms with E-state index in [4.69, 9.17) is 0 Å². The van der Waals surface area contributed by atoms with Crippen molar-refractivity contribution in [3.05, 3.63) is 64.4 Å². The molecule has 0 spiro atoms. The van der Waals surface area contributed by atoms with Gasteiger partial charge in [0.25, 0.3) is 0 Å². The standard InChI is InChI=1S/C14H13BrFNO2S/c1-10(11-5-3-2-4-6-11)17-20(18,19)12-7-8-13(15)14(16)9-12/h2-10,17H,1H3. The van der Waals surface area contributed by atoms with Crippen LogP contribution in [0, 0.1) is 5.82 Å². The second-order valence-electron chi connectivity index (χ2n) is 4.33. The lowest BCUT2D eigenvalue weighted by Gasteiger charge is -2.14. The van der Waals surface area contributed by atoms with Crippen molar-refractivity contribution in [3.8, 4) is 0 Å². The molecule has 0 aliphatic heterocycles. The van der Waals surface area contributed by atoms with Crippen LogP contribution >= 0.6 is 15.9 Å². The summed E-state index contributed by atoms with van der Waals surface area (Å²) in [5, 5.41) is 0. The molecule has 0 aliphatic carbocycles. The lowest BCUT2D eigenvalue weighted by atomic mass is 10.1. The smallest absolute Gasteiger partial charge is 0.207 e. The third-order valence-corrected chi connectivity index (χ3v) is 5.01. The van der Waals surface area contributed by atoms with Gasteiger partial charge in [0, 0.05) is 6.04 Å². The molecular formula is C14H13BrFNO2S. The summed E-state index contributed by atoms with van der Waals surface area (Å²) in [5.41, 5.74) is 0.841. The van der Waals surface area contributed by atoms with Gasteiger partial charge in [-0.05, 0) is 46.6 Å². The summed E-state index contributed by atoms with van der Waals surface area (Å²) in [7, 11) is -3.76. The summed E-state index contributed by atoms with van der Waals surface area (Å²) in [4.78, 5) is -0.0963. The molecule has 0 amide bonds. The Morgan fingerprint density at radius 3 is 2.40 bits per heavy atom. The largest absolute Gasteiger partial charge is 0.241 e. The van der Waals surface area contributed by atoms with E-state index in [2.05, 4.69) is 20.7 Å². The molecule has 0 saturated heterocycles. The molecule has 0 fully saturated rings. The molecule has 1 atom stereocenters. The zero-order valence-corrected chi connectivity index (χ0v) is 13.1. The number of halogens is 2. The molecule has 1 unspecified atom stereocenters. The van der Waals surface area contributed by atoms with Crippen molar-refractivity contribution < 1.29 is 12.8 Å². The van der Waals surface area contributed by atoms with Crippen LogP contribution in [-0.4, -0.2) is 8.42 Å². The molecule has 0 heterocycles. The fraction of sp³-hybridized carbons (Fsp3) is 0.143. The normalized spacial score (nSPS) is 13.2. The van der Waals surface area contributed by atoms with E-state index < -0.39 is 21.9 Å². The number of rotatable bonds is 4. The molecule has 0 bridgehead atoms. The van der Waals surface area contributed by atoms with Crippen molar-refractivity contribution in [1.29, 1.82) is 0 Å². The first-order valence-electron chi connectivity index (χ1n) is 5.92. The van der Waals surface area contributed by atoms with E-state index in [1.54, 1.807) is 6.92 Å². The summed E-state index contributed by atoms with van der Waals surface area (Å²) in [5.74, 6) is -0.611. The first kappa shape index (κ1) is 15.2. The number of hydrogen-bond donors (Lipinski definition) is 1. The van der Waals surface area contributed by atoms with Crippen LogP contribution in [0.2, 0.25) is 0 Å². The Hall–Kier alpha value is -1.24. The van der Waals surface area contributed by atoms with E-state index in [1.807, 2.05) is 30.3 Å². The Bertz CT molecular complexity index is 704. The molecule has 0 radical (unpaired) electrons. The SMILES string of the molecule is CC(NS(=O)(=O)c1ccc(Br)c(F)c1)c1ccccc1. The lowest BCUT2D eigenvalue weighted by Crippen LogP contribution is -2.27. The predicted octanol–water partition coefficient (Wildman–Crippen LogP) is 3.63. The van der Waals surface area contributed by atoms with Crippen molar-refractivity contribution >= 4 is 26.0 Å². The van der Waals surface area contributed by atoms with Crippen LogP contribution in [-0.2, 0) is 10.0 Å². The monoisotopic (exact) mass is 357 g/mol. The van der Waals surface area contributed by atoms with E-state index in [-0.39, 0.29) is 9.37 Å². The maximum absolute atomic E-state index is 13.4. The van der Waals surface area contributed by atoms with E-state index in [9.17, 15) is 12.8 Å². The summed E-state index contributed by atoms with van der Waals surface area (Å²) in [6.45, 7) is 1.74. The van der Waals surface area contributed by atoms with Gasteiger partial charge < -0.3 is 0 Å². The van der Waals surface area contributed by atoms with Gasteiger partial charge in [0.05, 0.1) is 9.37 Å². The second-order valence-corrected chi connectivity index (χ2v) is 6.90. The molecule has 6 heteroatoms. The average Bonchev–Trinajstić information content (AvgIpc) is 2.42. The maximum atomic E-state index is 13.4. The molecule has 106 valence electrons. The van der Waals surface area contributed by atoms with Crippen LogP contribution in [0.4, 0.5) is 4.39 Å². The van der Waals surface area contributed by atoms with Crippen LogP contribution in [0.25, 0.3) is 0 Å². The van der Waals surface area contributed by atoms with Crippen molar-refractivity contribution in [3.63, 3.8) is 0 Å². The number of nitrogens with one attached hydrogen (secondary N) is 1. The van der Waals surface area contributed by atoms with Gasteiger partial charge in [0.1, 0.15) is 5.82 Å². The molecule has 3 nitrogen and oxygen atoms in total. The van der Waals surface area contributed by atoms with Crippen molar-refractivity contribution in [2.45, 2.75) is 17.9 Å². The lowest BCUT2D eigenvalue weighted by molar-refractivity contribution is 0.563. The van der Waals surface area contributed by atoms with Crippen LogP contribution in [0.1, 0.15) is 18.5 Å². The minimum absolute atomic E-state index is 0.0963. The fourth-order valence-corrected chi connectivity index (χ4v) is 3.24. The molecule has 2 aromatic carbocycles. The number of sulfonamides is 1. The molecule has 0 aromatic heterocycles. The topological polar surface area (TPSA) is 46.2 Å². The summed E-state index contributed by atoms with van der Waals surface area (Å²) in [6, 6.07) is 12.5. The summed E-state index contributed by atoms with van der Waals surface area (Å²) < 4.78 is 40.6. The van der Waals surface area contributed by atoms with Crippen LogP contribution in [0.15, 0.2) is 57.9 Å². The van der Waals surface area contributed by atoms with E-state index >= 15 is 0 Å². The van der Waals surface area contributed by atoms with Gasteiger partial charge >= 0.3 is 0 Å². The first-order valence-corrected chi connectivity index (χ1v) is 8.20. The predicted molar refractivity (Wildman–Crippen MR) is 79.3 cm³/mol. The summed E-state index contributed by atoms with van der Waals surface area (Å²) >= 11 is 2.99. The van der Waals surface area contributed by atoms with Crippen molar-refractivity contribution in [1.82, 2.24) is 4.72 Å². The molecule has 20 heavy (non-hydrogen) atoms. The highest BCUT2D eigenvalue weighted by Crippen LogP contribution is 2.21. The molecule has 2 rings (SSSR count). The highest BCUT2D eigenvalue weighted by atomic mass is 79.9. The molecule has 2 aromatic rings. The van der Waals surface area contributed by atoms with Gasteiger partial charge in [-0.2, -0.15) is 0 Å². The fourth-order valence-electron chi connectivity index (χ4n) is 1.75. The van der Waals surface area contributed by atoms with Crippen LogP contribution in [0.5, 0.6) is 0 Å². The van der Waals surface area contributed by atoms with E-state index in [0.717, 1.165) is 11.6 Å². The Balaban J connectivity index is 2.25. The Morgan fingerprint density at radius 1 is 1.15 bits per heavy atom. The zero-order chi connectivity index (χ0) is 14.8. The Labute approximate surface area is 126 Å². The quantitative estimate of drug-likeness (QED) is 0.907. The van der Waals surface area contributed by atoms with E-state index in [1.165, 1.54) is 12.1 Å². The second kappa shape index (κ2) is 6.03. The first-order chi connectivity index (χ1) is 9.40. The molecule has 0 aliphatic rings. The minimum Gasteiger partial charge on any atom is -0.207 e. The van der Waals surface area contributed by atoms with Gasteiger partial charge in [0.15, 0.2) is 0 Å². The van der Waals surface area contributed by atoms with Crippen LogP contribution < -0.4 is 4.72 Å². The zero-order valence-electron chi connectivity index (χ0n) is 10.7. The molecular weight excluding hydrogens is 345 g/mol. The Kier molecular flexibility index (Phi) is 4.57. The highest BCUT2D eigenvalue weighted by Gasteiger charge is 2.19. The van der Waals surface area contributed by atoms with Crippen LogP contribution in [0.3, 0.4) is 0 Å². The van der Waals surface area contributed by atoms with E-state index in [0.29, 0.717) is 0 Å². The third kappa shape index (κ3) is 3.45. The number of benzene rings is 2. The van der Waals surface area contributed by atoms with Gasteiger partial charge in [-0.3, -0.25) is 0 Å².